The van der Waals surface area contributed by atoms with Crippen LogP contribution in [0.5, 0.6) is 0 Å². The maximum absolute atomic E-state index is 12.8. The summed E-state index contributed by atoms with van der Waals surface area (Å²) in [5.74, 6) is -0.715. The molecule has 0 aliphatic rings. The lowest BCUT2D eigenvalue weighted by atomic mass is 10.1. The monoisotopic (exact) mass is 405 g/mol. The number of halogens is 4. The second-order valence-electron chi connectivity index (χ2n) is 2.79. The van der Waals surface area contributed by atoms with Crippen LogP contribution in [0.25, 0.3) is 0 Å². The first-order valence-corrected chi connectivity index (χ1v) is 6.32. The van der Waals surface area contributed by atoms with Crippen molar-refractivity contribution in [2.75, 3.05) is 7.11 Å². The molecule has 0 radical (unpaired) electrons. The molecule has 0 atom stereocenters. The van der Waals surface area contributed by atoms with Crippen molar-refractivity contribution >= 4 is 44.5 Å². The number of aromatic nitrogens is 1. The van der Waals surface area contributed by atoms with E-state index in [1.54, 1.807) is 22.6 Å². The predicted molar refractivity (Wildman–Crippen MR) is 65.9 cm³/mol. The molecule has 0 aliphatic heterocycles. The molecule has 0 aromatic carbocycles. The van der Waals surface area contributed by atoms with Gasteiger partial charge in [0, 0.05) is 17.1 Å². The highest BCUT2D eigenvalue weighted by Crippen LogP contribution is 2.30. The SMILES string of the molecule is COC(=O)c1ncc(CBr)c(C(F)F)c1I. The number of nitrogens with zero attached hydrogens (tertiary/aromatic N) is 1. The second-order valence-corrected chi connectivity index (χ2v) is 4.43. The van der Waals surface area contributed by atoms with Crippen LogP contribution >= 0.6 is 38.5 Å². The average Bonchev–Trinajstić information content (AvgIpc) is 2.26. The van der Waals surface area contributed by atoms with Crippen LogP contribution in [0.15, 0.2) is 6.20 Å². The molecule has 1 aromatic heterocycles. The standard InChI is InChI=1S/C9H7BrF2INO2/c1-16-9(15)7-6(13)5(8(11)12)4(2-10)3-14-7/h3,8H,2H2,1H3. The second kappa shape index (κ2) is 5.85. The number of carbonyl (C=O) groups is 1. The van der Waals surface area contributed by atoms with Crippen LogP contribution in [-0.2, 0) is 10.1 Å². The minimum absolute atomic E-state index is 0.0805. The topological polar surface area (TPSA) is 39.2 Å². The van der Waals surface area contributed by atoms with Crippen molar-refractivity contribution in [2.45, 2.75) is 11.8 Å². The lowest BCUT2D eigenvalue weighted by molar-refractivity contribution is 0.0592. The molecule has 1 heterocycles. The molecule has 0 amide bonds. The lowest BCUT2D eigenvalue weighted by Crippen LogP contribution is -2.11. The fourth-order valence-corrected chi connectivity index (χ4v) is 2.51. The van der Waals surface area contributed by atoms with Crippen LogP contribution in [-0.4, -0.2) is 18.1 Å². The number of esters is 1. The molecule has 0 saturated carbocycles. The molecule has 0 unspecified atom stereocenters. The maximum atomic E-state index is 12.8. The summed E-state index contributed by atoms with van der Waals surface area (Å²) < 4.78 is 30.2. The van der Waals surface area contributed by atoms with E-state index in [0.717, 1.165) is 0 Å². The van der Waals surface area contributed by atoms with Gasteiger partial charge in [-0.25, -0.2) is 18.6 Å². The number of rotatable bonds is 3. The van der Waals surface area contributed by atoms with E-state index in [-0.39, 0.29) is 20.2 Å². The Morgan fingerprint density at radius 1 is 1.69 bits per heavy atom. The Balaban J connectivity index is 3.37. The van der Waals surface area contributed by atoms with E-state index in [0.29, 0.717) is 5.56 Å². The van der Waals surface area contributed by atoms with Crippen molar-refractivity contribution in [3.63, 3.8) is 0 Å². The quantitative estimate of drug-likeness (QED) is 0.440. The molecule has 1 rings (SSSR count). The summed E-state index contributed by atoms with van der Waals surface area (Å²) in [6.45, 7) is 0. The van der Waals surface area contributed by atoms with Crippen molar-refractivity contribution in [2.24, 2.45) is 0 Å². The Hall–Kier alpha value is -0.310. The Labute approximate surface area is 113 Å². The van der Waals surface area contributed by atoms with Crippen LogP contribution in [0.4, 0.5) is 8.78 Å². The zero-order valence-corrected chi connectivity index (χ0v) is 11.9. The van der Waals surface area contributed by atoms with E-state index in [9.17, 15) is 13.6 Å². The highest BCUT2D eigenvalue weighted by molar-refractivity contribution is 14.1. The highest BCUT2D eigenvalue weighted by atomic mass is 127. The molecule has 0 saturated heterocycles. The summed E-state index contributed by atoms with van der Waals surface area (Å²) in [5, 5.41) is 0.261. The molecule has 0 spiro atoms. The van der Waals surface area contributed by atoms with Gasteiger partial charge in [-0.3, -0.25) is 0 Å². The van der Waals surface area contributed by atoms with Crippen LogP contribution in [0.1, 0.15) is 28.0 Å². The highest BCUT2D eigenvalue weighted by Gasteiger charge is 2.23. The average molecular weight is 406 g/mol. The van der Waals surface area contributed by atoms with E-state index in [4.69, 9.17) is 0 Å². The van der Waals surface area contributed by atoms with Crippen molar-refractivity contribution in [1.29, 1.82) is 0 Å². The van der Waals surface area contributed by atoms with Crippen LogP contribution in [0.3, 0.4) is 0 Å². The normalized spacial score (nSPS) is 10.6. The van der Waals surface area contributed by atoms with Gasteiger partial charge in [-0.1, -0.05) is 15.9 Å². The van der Waals surface area contributed by atoms with Crippen LogP contribution in [0, 0.1) is 3.57 Å². The smallest absolute Gasteiger partial charge is 0.357 e. The van der Waals surface area contributed by atoms with E-state index in [1.165, 1.54) is 13.3 Å². The maximum Gasteiger partial charge on any atom is 0.357 e. The Morgan fingerprint density at radius 2 is 2.31 bits per heavy atom. The van der Waals surface area contributed by atoms with Gasteiger partial charge in [0.25, 0.3) is 6.43 Å². The van der Waals surface area contributed by atoms with Gasteiger partial charge in [-0.05, 0) is 28.2 Å². The van der Waals surface area contributed by atoms with Crippen LogP contribution < -0.4 is 0 Å². The molecule has 0 bridgehead atoms. The van der Waals surface area contributed by atoms with Crippen molar-refractivity contribution < 1.29 is 18.3 Å². The number of pyridine rings is 1. The Kier molecular flexibility index (Phi) is 5.03. The van der Waals surface area contributed by atoms with Gasteiger partial charge < -0.3 is 4.74 Å². The first-order valence-electron chi connectivity index (χ1n) is 4.12. The molecule has 88 valence electrons. The summed E-state index contributed by atoms with van der Waals surface area (Å²) in [6, 6.07) is 0. The van der Waals surface area contributed by atoms with Gasteiger partial charge in [0.1, 0.15) is 0 Å². The molecule has 16 heavy (non-hydrogen) atoms. The minimum atomic E-state index is -2.65. The summed E-state index contributed by atoms with van der Waals surface area (Å²) in [6.07, 6.45) is -1.39. The number of methoxy groups -OCH3 is 1. The number of alkyl halides is 3. The zero-order valence-electron chi connectivity index (χ0n) is 8.14. The number of carbonyl (C=O) groups excluding carboxylic acids is 1. The molecule has 3 nitrogen and oxygen atoms in total. The summed E-state index contributed by atoms with van der Waals surface area (Å²) in [7, 11) is 1.18. The summed E-state index contributed by atoms with van der Waals surface area (Å²) >= 11 is 4.78. The minimum Gasteiger partial charge on any atom is -0.464 e. The Morgan fingerprint density at radius 3 is 2.75 bits per heavy atom. The predicted octanol–water partition coefficient (Wildman–Crippen LogP) is 3.31. The van der Waals surface area contributed by atoms with Crippen LogP contribution in [0.2, 0.25) is 0 Å². The van der Waals surface area contributed by atoms with E-state index in [1.807, 2.05) is 0 Å². The molecule has 0 fully saturated rings. The van der Waals surface area contributed by atoms with Gasteiger partial charge in [0.15, 0.2) is 5.69 Å². The van der Waals surface area contributed by atoms with E-state index in [2.05, 4.69) is 25.7 Å². The van der Waals surface area contributed by atoms with Gasteiger partial charge >= 0.3 is 5.97 Å². The zero-order chi connectivity index (χ0) is 12.3. The van der Waals surface area contributed by atoms with Crippen molar-refractivity contribution in [3.05, 3.63) is 26.6 Å². The molecule has 1 aromatic rings. The fourth-order valence-electron chi connectivity index (χ4n) is 1.12. The van der Waals surface area contributed by atoms with Gasteiger partial charge in [-0.2, -0.15) is 0 Å². The fraction of sp³-hybridized carbons (Fsp3) is 0.333. The number of hydrogen-bond acceptors (Lipinski definition) is 3. The van der Waals surface area contributed by atoms with Gasteiger partial charge in [0.2, 0.25) is 0 Å². The van der Waals surface area contributed by atoms with E-state index < -0.39 is 12.4 Å². The van der Waals surface area contributed by atoms with Crippen molar-refractivity contribution in [1.82, 2.24) is 4.98 Å². The third kappa shape index (κ3) is 2.68. The summed E-state index contributed by atoms with van der Waals surface area (Å²) in [5.41, 5.74) is 0.114. The Bertz CT molecular complexity index is 415. The number of hydrogen-bond donors (Lipinski definition) is 0. The van der Waals surface area contributed by atoms with E-state index >= 15 is 0 Å². The lowest BCUT2D eigenvalue weighted by Gasteiger charge is -2.11. The first-order chi connectivity index (χ1) is 7.52. The molecule has 7 heteroatoms. The molecule has 0 N–H and O–H groups in total. The van der Waals surface area contributed by atoms with Gasteiger partial charge in [-0.15, -0.1) is 0 Å². The van der Waals surface area contributed by atoms with Crippen molar-refractivity contribution in [3.8, 4) is 0 Å². The number of ether oxygens (including phenoxy) is 1. The molecular formula is C9H7BrF2INO2. The molecular weight excluding hydrogens is 399 g/mol. The third-order valence-electron chi connectivity index (χ3n) is 1.88. The van der Waals surface area contributed by atoms with Gasteiger partial charge in [0.05, 0.1) is 10.7 Å². The third-order valence-corrected chi connectivity index (χ3v) is 3.58. The first kappa shape index (κ1) is 13.8. The summed E-state index contributed by atoms with van der Waals surface area (Å²) in [4.78, 5) is 15.1. The largest absolute Gasteiger partial charge is 0.464 e. The molecule has 0 aliphatic carbocycles.